The van der Waals surface area contributed by atoms with Gasteiger partial charge in [0, 0.05) is 22.6 Å². The molecular weight excluding hydrogens is 217 g/mol. The van der Waals surface area contributed by atoms with Gasteiger partial charge in [0.05, 0.1) is 0 Å². The first kappa shape index (κ1) is 10.3. The molecule has 0 bridgehead atoms. The minimum absolute atomic E-state index is 0.682. The van der Waals surface area contributed by atoms with E-state index < -0.39 is 0 Å². The van der Waals surface area contributed by atoms with Gasteiger partial charge in [0.1, 0.15) is 0 Å². The van der Waals surface area contributed by atoms with Gasteiger partial charge in [-0.15, -0.1) is 0 Å². The molecule has 2 rings (SSSR count). The summed E-state index contributed by atoms with van der Waals surface area (Å²) in [6, 6.07) is 6.32. The number of rotatable bonds is 3. The number of nitrogens with one attached hydrogen (secondary N) is 1. The lowest BCUT2D eigenvalue weighted by atomic mass is 10.2. The fourth-order valence-electron chi connectivity index (χ4n) is 1.51. The second kappa shape index (κ2) is 4.09. The van der Waals surface area contributed by atoms with Gasteiger partial charge in [0.15, 0.2) is 0 Å². The molecule has 1 saturated carbocycles. The van der Waals surface area contributed by atoms with E-state index in [0.717, 1.165) is 23.0 Å². The number of hydrogen-bond acceptors (Lipinski definition) is 1. The molecule has 0 aliphatic heterocycles. The van der Waals surface area contributed by atoms with Crippen LogP contribution in [0.4, 0.5) is 0 Å². The standard InChI is InChI=1S/C11H13Cl2N/c1-7-4-11(7)14-6-8-2-3-9(12)5-10(8)13/h2-3,5,7,11,14H,4,6H2,1H3/t7-,11-/m1/s1. The van der Waals surface area contributed by atoms with Crippen LogP contribution in [0.5, 0.6) is 0 Å². The zero-order valence-corrected chi connectivity index (χ0v) is 9.57. The van der Waals surface area contributed by atoms with Crippen molar-refractivity contribution in [1.82, 2.24) is 5.32 Å². The van der Waals surface area contributed by atoms with Crippen molar-refractivity contribution >= 4 is 23.2 Å². The van der Waals surface area contributed by atoms with Crippen molar-refractivity contribution in [1.29, 1.82) is 0 Å². The number of hydrogen-bond donors (Lipinski definition) is 1. The van der Waals surface area contributed by atoms with Gasteiger partial charge in [-0.25, -0.2) is 0 Å². The van der Waals surface area contributed by atoms with Crippen LogP contribution in [0.25, 0.3) is 0 Å². The van der Waals surface area contributed by atoms with E-state index in [9.17, 15) is 0 Å². The van der Waals surface area contributed by atoms with Crippen LogP contribution in [0.1, 0.15) is 18.9 Å². The van der Waals surface area contributed by atoms with Crippen molar-refractivity contribution in [2.45, 2.75) is 25.9 Å². The molecular formula is C11H13Cl2N. The molecule has 1 aliphatic rings. The smallest absolute Gasteiger partial charge is 0.0465 e. The highest BCUT2D eigenvalue weighted by molar-refractivity contribution is 6.35. The predicted molar refractivity (Wildman–Crippen MR) is 60.9 cm³/mol. The van der Waals surface area contributed by atoms with Crippen LogP contribution in [0.3, 0.4) is 0 Å². The van der Waals surface area contributed by atoms with E-state index in [-0.39, 0.29) is 0 Å². The summed E-state index contributed by atoms with van der Waals surface area (Å²) in [5, 5.41) is 4.90. The number of halogens is 2. The lowest BCUT2D eigenvalue weighted by Gasteiger charge is -2.05. The molecule has 1 fully saturated rings. The first-order chi connectivity index (χ1) is 6.66. The van der Waals surface area contributed by atoms with E-state index in [2.05, 4.69) is 12.2 Å². The fraction of sp³-hybridized carbons (Fsp3) is 0.455. The zero-order valence-electron chi connectivity index (χ0n) is 8.06. The molecule has 0 heterocycles. The summed E-state index contributed by atoms with van der Waals surface area (Å²) in [7, 11) is 0. The maximum atomic E-state index is 6.05. The van der Waals surface area contributed by atoms with Crippen LogP contribution in [0.15, 0.2) is 18.2 Å². The first-order valence-electron chi connectivity index (χ1n) is 4.84. The molecule has 0 unspecified atom stereocenters. The summed E-state index contributed by atoms with van der Waals surface area (Å²) >= 11 is 11.9. The maximum Gasteiger partial charge on any atom is 0.0465 e. The van der Waals surface area contributed by atoms with Gasteiger partial charge >= 0.3 is 0 Å². The van der Waals surface area contributed by atoms with Gasteiger partial charge in [-0.3, -0.25) is 0 Å². The molecule has 1 N–H and O–H groups in total. The third-order valence-corrected chi connectivity index (χ3v) is 3.27. The molecule has 0 radical (unpaired) electrons. The first-order valence-corrected chi connectivity index (χ1v) is 5.59. The highest BCUT2D eigenvalue weighted by Gasteiger charge is 2.31. The van der Waals surface area contributed by atoms with Gasteiger partial charge in [0.25, 0.3) is 0 Å². The van der Waals surface area contributed by atoms with Crippen molar-refractivity contribution in [3.63, 3.8) is 0 Å². The minimum Gasteiger partial charge on any atom is -0.310 e. The van der Waals surface area contributed by atoms with Gasteiger partial charge < -0.3 is 5.32 Å². The molecule has 0 saturated heterocycles. The van der Waals surface area contributed by atoms with Crippen LogP contribution in [0, 0.1) is 5.92 Å². The third-order valence-electron chi connectivity index (χ3n) is 2.68. The fourth-order valence-corrected chi connectivity index (χ4v) is 1.99. The summed E-state index contributed by atoms with van der Waals surface area (Å²) in [4.78, 5) is 0. The normalized spacial score (nSPS) is 25.1. The average Bonchev–Trinajstić information content (AvgIpc) is 2.80. The average molecular weight is 230 g/mol. The third kappa shape index (κ3) is 2.41. The Morgan fingerprint density at radius 3 is 2.71 bits per heavy atom. The molecule has 1 nitrogen and oxygen atoms in total. The Hall–Kier alpha value is -0.240. The summed E-state index contributed by atoms with van der Waals surface area (Å²) < 4.78 is 0. The molecule has 14 heavy (non-hydrogen) atoms. The number of benzene rings is 1. The van der Waals surface area contributed by atoms with E-state index in [0.29, 0.717) is 11.1 Å². The van der Waals surface area contributed by atoms with Gasteiger partial charge in [0.2, 0.25) is 0 Å². The van der Waals surface area contributed by atoms with E-state index in [4.69, 9.17) is 23.2 Å². The SMILES string of the molecule is C[C@@H]1C[C@H]1NCc1ccc(Cl)cc1Cl. The van der Waals surface area contributed by atoms with E-state index in [1.807, 2.05) is 12.1 Å². The van der Waals surface area contributed by atoms with E-state index in [1.54, 1.807) is 6.07 Å². The molecule has 1 aliphatic carbocycles. The Balaban J connectivity index is 1.95. The predicted octanol–water partition coefficient (Wildman–Crippen LogP) is 3.49. The molecule has 0 amide bonds. The Labute approximate surface area is 94.4 Å². The summed E-state index contributed by atoms with van der Waals surface area (Å²) in [6.07, 6.45) is 1.28. The molecule has 1 aromatic rings. The van der Waals surface area contributed by atoms with Crippen LogP contribution in [-0.4, -0.2) is 6.04 Å². The summed E-state index contributed by atoms with van der Waals surface area (Å²) in [5.41, 5.74) is 1.12. The summed E-state index contributed by atoms with van der Waals surface area (Å²) in [6.45, 7) is 3.09. The molecule has 3 heteroatoms. The van der Waals surface area contributed by atoms with Crippen molar-refractivity contribution in [2.75, 3.05) is 0 Å². The second-order valence-corrected chi connectivity index (χ2v) is 4.78. The second-order valence-electron chi connectivity index (χ2n) is 3.94. The maximum absolute atomic E-state index is 6.05. The molecule has 76 valence electrons. The molecule has 0 aromatic heterocycles. The quantitative estimate of drug-likeness (QED) is 0.837. The summed E-state index contributed by atoms with van der Waals surface area (Å²) in [5.74, 6) is 0.820. The lowest BCUT2D eigenvalue weighted by Crippen LogP contribution is -2.17. The monoisotopic (exact) mass is 229 g/mol. The largest absolute Gasteiger partial charge is 0.310 e. The molecule has 2 atom stereocenters. The lowest BCUT2D eigenvalue weighted by molar-refractivity contribution is 0.653. The van der Waals surface area contributed by atoms with Crippen molar-refractivity contribution < 1.29 is 0 Å². The minimum atomic E-state index is 0.682. The Bertz CT molecular complexity index is 338. The highest BCUT2D eigenvalue weighted by Crippen LogP contribution is 2.30. The van der Waals surface area contributed by atoms with Crippen molar-refractivity contribution in [3.8, 4) is 0 Å². The van der Waals surface area contributed by atoms with Crippen LogP contribution < -0.4 is 5.32 Å². The van der Waals surface area contributed by atoms with Gasteiger partial charge in [-0.2, -0.15) is 0 Å². The topological polar surface area (TPSA) is 12.0 Å². The molecule has 0 spiro atoms. The van der Waals surface area contributed by atoms with E-state index >= 15 is 0 Å². The van der Waals surface area contributed by atoms with Crippen molar-refractivity contribution in [3.05, 3.63) is 33.8 Å². The molecule has 1 aromatic carbocycles. The Kier molecular flexibility index (Phi) is 3.01. The van der Waals surface area contributed by atoms with Crippen LogP contribution >= 0.6 is 23.2 Å². The van der Waals surface area contributed by atoms with Gasteiger partial charge in [-0.05, 0) is 30.0 Å². The van der Waals surface area contributed by atoms with Crippen LogP contribution in [-0.2, 0) is 6.54 Å². The van der Waals surface area contributed by atoms with Gasteiger partial charge in [-0.1, -0.05) is 36.2 Å². The zero-order chi connectivity index (χ0) is 10.1. The van der Waals surface area contributed by atoms with Crippen molar-refractivity contribution in [2.24, 2.45) is 5.92 Å². The Morgan fingerprint density at radius 1 is 1.43 bits per heavy atom. The highest BCUT2D eigenvalue weighted by atomic mass is 35.5. The van der Waals surface area contributed by atoms with Crippen LogP contribution in [0.2, 0.25) is 10.0 Å². The van der Waals surface area contributed by atoms with E-state index in [1.165, 1.54) is 6.42 Å². The Morgan fingerprint density at radius 2 is 2.14 bits per heavy atom.